The number of rotatable bonds is 6. The molecule has 8 nitrogen and oxygen atoms in total. The molecule has 1 atom stereocenters. The number of furan rings is 1. The zero-order valence-electron chi connectivity index (χ0n) is 19.2. The summed E-state index contributed by atoms with van der Waals surface area (Å²) in [6.45, 7) is 2.15. The van der Waals surface area contributed by atoms with Gasteiger partial charge < -0.3 is 14.5 Å². The molecular weight excluding hydrogens is 468 g/mol. The summed E-state index contributed by atoms with van der Waals surface area (Å²) in [5.41, 5.74) is 0.959. The number of nitrogens with one attached hydrogen (secondary N) is 1. The van der Waals surface area contributed by atoms with E-state index >= 15 is 0 Å². The number of fused-ring (bicyclic) bond motifs is 1. The Morgan fingerprint density at radius 1 is 1.17 bits per heavy atom. The van der Waals surface area contributed by atoms with E-state index in [0.29, 0.717) is 33.6 Å². The number of nitrogens with zero attached hydrogens (tertiary/aromatic N) is 3. The molecule has 9 heteroatoms. The normalized spacial score (nSPS) is 17.2. The molecule has 0 saturated carbocycles. The summed E-state index contributed by atoms with van der Waals surface area (Å²) < 4.78 is 12.6. The molecule has 1 N–H and O–H groups in total. The van der Waals surface area contributed by atoms with Crippen LogP contribution in [0.4, 0.5) is 5.69 Å². The Balaban J connectivity index is 1.55. The Kier molecular flexibility index (Phi) is 5.82. The second-order valence-corrected chi connectivity index (χ2v) is 8.88. The van der Waals surface area contributed by atoms with Crippen LogP contribution >= 0.6 is 11.6 Å². The van der Waals surface area contributed by atoms with Gasteiger partial charge in [0.1, 0.15) is 22.7 Å². The molecule has 0 saturated heterocycles. The van der Waals surface area contributed by atoms with Crippen LogP contribution in [0.1, 0.15) is 23.0 Å². The molecular formula is C26H23ClN4O4. The second kappa shape index (κ2) is 8.96. The molecule has 5 rings (SSSR count). The predicted octanol–water partition coefficient (Wildman–Crippen LogP) is 4.54. The number of amides is 2. The smallest absolute Gasteiger partial charge is 0.277 e. The van der Waals surface area contributed by atoms with Gasteiger partial charge >= 0.3 is 0 Å². The largest absolute Gasteiger partial charge is 0.495 e. The fraction of sp³-hybridized carbons (Fsp3) is 0.192. The minimum Gasteiger partial charge on any atom is -0.495 e. The Morgan fingerprint density at radius 3 is 2.66 bits per heavy atom. The molecule has 0 aliphatic carbocycles. The summed E-state index contributed by atoms with van der Waals surface area (Å²) in [5, 5.41) is 8.16. The highest BCUT2D eigenvalue weighted by molar-refractivity contribution is 6.30. The Labute approximate surface area is 207 Å². The minimum absolute atomic E-state index is 0.138. The van der Waals surface area contributed by atoms with Gasteiger partial charge in [0.05, 0.1) is 25.6 Å². The summed E-state index contributed by atoms with van der Waals surface area (Å²) in [7, 11) is 1.53. The predicted molar refractivity (Wildman–Crippen MR) is 131 cm³/mol. The number of hydrogen-bond donors (Lipinski definition) is 1. The van der Waals surface area contributed by atoms with Crippen molar-refractivity contribution in [1.29, 1.82) is 0 Å². The summed E-state index contributed by atoms with van der Waals surface area (Å²) in [4.78, 5) is 29.1. The first kappa shape index (κ1) is 22.7. The van der Waals surface area contributed by atoms with Crippen molar-refractivity contribution in [2.75, 3.05) is 12.0 Å². The van der Waals surface area contributed by atoms with E-state index in [-0.39, 0.29) is 24.9 Å². The summed E-state index contributed by atoms with van der Waals surface area (Å²) >= 11 is 5.98. The van der Waals surface area contributed by atoms with Gasteiger partial charge in [0.25, 0.3) is 5.91 Å². The molecule has 35 heavy (non-hydrogen) atoms. The third-order valence-electron chi connectivity index (χ3n) is 6.11. The number of carbonyl (C=O) groups is 2. The van der Waals surface area contributed by atoms with Crippen LogP contribution in [-0.2, 0) is 17.9 Å². The van der Waals surface area contributed by atoms with Crippen molar-refractivity contribution in [2.24, 2.45) is 0 Å². The lowest BCUT2D eigenvalue weighted by molar-refractivity contribution is -0.126. The second-order valence-electron chi connectivity index (χ2n) is 8.45. The maximum absolute atomic E-state index is 13.9. The van der Waals surface area contributed by atoms with E-state index in [1.165, 1.54) is 12.0 Å². The average Bonchev–Trinajstić information content (AvgIpc) is 3.54. The zero-order valence-corrected chi connectivity index (χ0v) is 20.0. The van der Waals surface area contributed by atoms with Crippen molar-refractivity contribution in [3.63, 3.8) is 0 Å². The molecule has 0 fully saturated rings. The van der Waals surface area contributed by atoms with Gasteiger partial charge in [0, 0.05) is 17.6 Å². The Bertz CT molecular complexity index is 1380. The maximum Gasteiger partial charge on any atom is 0.277 e. The summed E-state index contributed by atoms with van der Waals surface area (Å²) in [6.07, 6.45) is 1.55. The van der Waals surface area contributed by atoms with E-state index < -0.39 is 5.54 Å². The van der Waals surface area contributed by atoms with E-state index in [1.807, 2.05) is 18.2 Å². The Morgan fingerprint density at radius 2 is 1.94 bits per heavy atom. The number of halogens is 1. The van der Waals surface area contributed by atoms with Crippen molar-refractivity contribution in [1.82, 2.24) is 15.1 Å². The van der Waals surface area contributed by atoms with E-state index in [4.69, 9.17) is 20.8 Å². The Hall–Kier alpha value is -4.04. The van der Waals surface area contributed by atoms with Crippen molar-refractivity contribution >= 4 is 29.1 Å². The van der Waals surface area contributed by atoms with Crippen LogP contribution in [-0.4, -0.2) is 34.2 Å². The van der Waals surface area contributed by atoms with Gasteiger partial charge in [0.15, 0.2) is 5.76 Å². The number of hydrogen-bond acceptors (Lipinski definition) is 5. The molecule has 2 amide bonds. The number of carbonyl (C=O) groups excluding carboxylic acids is 2. The fourth-order valence-electron chi connectivity index (χ4n) is 4.29. The first-order chi connectivity index (χ1) is 16.9. The van der Waals surface area contributed by atoms with Crippen LogP contribution in [0, 0.1) is 0 Å². The highest BCUT2D eigenvalue weighted by Gasteiger charge is 2.49. The molecule has 0 unspecified atom stereocenters. The van der Waals surface area contributed by atoms with Gasteiger partial charge in [-0.05, 0) is 48.9 Å². The fourth-order valence-corrected chi connectivity index (χ4v) is 4.42. The number of benzene rings is 2. The van der Waals surface area contributed by atoms with Crippen LogP contribution in [0.3, 0.4) is 0 Å². The van der Waals surface area contributed by atoms with Crippen LogP contribution in [0.2, 0.25) is 5.02 Å². The van der Waals surface area contributed by atoms with Crippen LogP contribution in [0.5, 0.6) is 5.75 Å². The summed E-state index contributed by atoms with van der Waals surface area (Å²) in [5.74, 6) is 0.330. The molecule has 2 aromatic heterocycles. The van der Waals surface area contributed by atoms with E-state index in [1.54, 1.807) is 66.4 Å². The van der Waals surface area contributed by atoms with Crippen molar-refractivity contribution in [2.45, 2.75) is 25.6 Å². The third kappa shape index (κ3) is 4.06. The van der Waals surface area contributed by atoms with Gasteiger partial charge in [-0.1, -0.05) is 35.9 Å². The standard InChI is InChI=1S/C26H23ClN4O4/c1-26(25(33)28-15-17-9-11-18(27)12-10-17)16-30-21(14-19(29-30)22-8-5-13-35-22)24(32)31(26)20-6-3-4-7-23(20)34-2/h3-14H,15-16H2,1-2H3,(H,28,33)/t26-/m0/s1. The molecule has 1 aliphatic heterocycles. The molecule has 1 aliphatic rings. The topological polar surface area (TPSA) is 89.6 Å². The molecule has 178 valence electrons. The van der Waals surface area contributed by atoms with Crippen molar-refractivity contribution in [3.8, 4) is 17.2 Å². The number of para-hydroxylation sites is 2. The lowest BCUT2D eigenvalue weighted by Crippen LogP contribution is -2.64. The first-order valence-electron chi connectivity index (χ1n) is 11.0. The van der Waals surface area contributed by atoms with Gasteiger partial charge in [-0.3, -0.25) is 19.2 Å². The lowest BCUT2D eigenvalue weighted by Gasteiger charge is -2.43. The number of anilines is 1. The van der Waals surface area contributed by atoms with Crippen molar-refractivity contribution < 1.29 is 18.7 Å². The van der Waals surface area contributed by atoms with E-state index in [2.05, 4.69) is 10.4 Å². The minimum atomic E-state index is -1.29. The number of ether oxygens (including phenoxy) is 1. The SMILES string of the molecule is COc1ccccc1N1C(=O)c2cc(-c3ccco3)nn2C[C@@]1(C)C(=O)NCc1ccc(Cl)cc1. The quantitative estimate of drug-likeness (QED) is 0.428. The van der Waals surface area contributed by atoms with Crippen LogP contribution in [0.15, 0.2) is 77.4 Å². The molecule has 3 heterocycles. The molecule has 0 radical (unpaired) electrons. The molecule has 0 spiro atoms. The highest BCUT2D eigenvalue weighted by atomic mass is 35.5. The average molecular weight is 491 g/mol. The summed E-state index contributed by atoms with van der Waals surface area (Å²) in [6, 6.07) is 19.6. The molecule has 4 aromatic rings. The van der Waals surface area contributed by atoms with Gasteiger partial charge in [-0.25, -0.2) is 0 Å². The van der Waals surface area contributed by atoms with Crippen LogP contribution < -0.4 is 15.0 Å². The van der Waals surface area contributed by atoms with E-state index in [0.717, 1.165) is 5.56 Å². The molecule has 0 bridgehead atoms. The van der Waals surface area contributed by atoms with E-state index in [9.17, 15) is 9.59 Å². The van der Waals surface area contributed by atoms with Crippen molar-refractivity contribution in [3.05, 3.63) is 89.3 Å². The van der Waals surface area contributed by atoms with Gasteiger partial charge in [-0.2, -0.15) is 5.10 Å². The van der Waals surface area contributed by atoms with Crippen LogP contribution in [0.25, 0.3) is 11.5 Å². The van der Waals surface area contributed by atoms with Gasteiger partial charge in [-0.15, -0.1) is 0 Å². The lowest BCUT2D eigenvalue weighted by atomic mass is 9.93. The monoisotopic (exact) mass is 490 g/mol. The number of methoxy groups -OCH3 is 1. The molecule has 2 aromatic carbocycles. The maximum atomic E-state index is 13.9. The number of aromatic nitrogens is 2. The third-order valence-corrected chi connectivity index (χ3v) is 6.36. The first-order valence-corrected chi connectivity index (χ1v) is 11.4. The highest BCUT2D eigenvalue weighted by Crippen LogP contribution is 2.38. The van der Waals surface area contributed by atoms with Gasteiger partial charge in [0.2, 0.25) is 5.91 Å². The zero-order chi connectivity index (χ0) is 24.6.